The zero-order chi connectivity index (χ0) is 12.9. The van der Waals surface area contributed by atoms with Gasteiger partial charge in [0.1, 0.15) is 4.90 Å². The third kappa shape index (κ3) is 3.95. The molecular weight excluding hydrogens is 242 g/mol. The minimum Gasteiger partial charge on any atom is -0.398 e. The molecule has 0 aliphatic rings. The average Bonchev–Trinajstić information content (AvgIpc) is 2.27. The third-order valence-electron chi connectivity index (χ3n) is 2.12. The van der Waals surface area contributed by atoms with Crippen LogP contribution in [0.15, 0.2) is 23.4 Å². The van der Waals surface area contributed by atoms with Crippen LogP contribution in [0.25, 0.3) is 0 Å². The number of nitrogens with one attached hydrogen (secondary N) is 1. The van der Waals surface area contributed by atoms with Crippen LogP contribution in [0.2, 0.25) is 0 Å². The summed E-state index contributed by atoms with van der Waals surface area (Å²) in [5, 5.41) is 0. The Labute approximate surface area is 101 Å². The predicted molar refractivity (Wildman–Crippen MR) is 64.9 cm³/mol. The molecule has 0 radical (unpaired) electrons. The Morgan fingerprint density at radius 1 is 1.59 bits per heavy atom. The number of nitrogen functional groups attached to an aromatic ring is 1. The second-order valence-electron chi connectivity index (χ2n) is 3.53. The Hall–Kier alpha value is -1.18. The SMILES string of the molecule is CCOC(C)CNS(=O)(=O)c1cnccc1N. The Balaban J connectivity index is 2.73. The quantitative estimate of drug-likeness (QED) is 0.769. The first-order valence-electron chi connectivity index (χ1n) is 5.28. The highest BCUT2D eigenvalue weighted by atomic mass is 32.2. The lowest BCUT2D eigenvalue weighted by molar-refractivity contribution is 0.0799. The Bertz CT molecular complexity index is 462. The first-order chi connectivity index (χ1) is 7.97. The van der Waals surface area contributed by atoms with Crippen LogP contribution in [-0.4, -0.2) is 32.7 Å². The fourth-order valence-corrected chi connectivity index (χ4v) is 2.45. The number of rotatable bonds is 6. The van der Waals surface area contributed by atoms with Gasteiger partial charge in [-0.15, -0.1) is 0 Å². The van der Waals surface area contributed by atoms with E-state index >= 15 is 0 Å². The number of hydrogen-bond donors (Lipinski definition) is 2. The van der Waals surface area contributed by atoms with Gasteiger partial charge in [-0.05, 0) is 19.9 Å². The summed E-state index contributed by atoms with van der Waals surface area (Å²) in [5.41, 5.74) is 5.76. The van der Waals surface area contributed by atoms with E-state index in [9.17, 15) is 8.42 Å². The van der Waals surface area contributed by atoms with Gasteiger partial charge in [-0.3, -0.25) is 4.98 Å². The number of hydrogen-bond acceptors (Lipinski definition) is 5. The number of anilines is 1. The highest BCUT2D eigenvalue weighted by molar-refractivity contribution is 7.89. The van der Waals surface area contributed by atoms with Crippen LogP contribution in [-0.2, 0) is 14.8 Å². The molecule has 7 heteroatoms. The van der Waals surface area contributed by atoms with Gasteiger partial charge in [0.05, 0.1) is 11.8 Å². The highest BCUT2D eigenvalue weighted by Gasteiger charge is 2.18. The van der Waals surface area contributed by atoms with E-state index in [0.717, 1.165) is 0 Å². The standard InChI is InChI=1S/C10H17N3O3S/c1-3-16-8(2)6-13-17(14,15)10-7-12-5-4-9(10)11/h4-5,7-8,13H,3,6H2,1-2H3,(H2,11,12). The van der Waals surface area contributed by atoms with Gasteiger partial charge in [0.15, 0.2) is 0 Å². The molecule has 0 bridgehead atoms. The minimum atomic E-state index is -3.62. The van der Waals surface area contributed by atoms with Crippen molar-refractivity contribution in [2.75, 3.05) is 18.9 Å². The van der Waals surface area contributed by atoms with E-state index in [2.05, 4.69) is 9.71 Å². The van der Waals surface area contributed by atoms with E-state index < -0.39 is 10.0 Å². The van der Waals surface area contributed by atoms with E-state index in [4.69, 9.17) is 10.5 Å². The van der Waals surface area contributed by atoms with E-state index in [-0.39, 0.29) is 23.2 Å². The van der Waals surface area contributed by atoms with Crippen molar-refractivity contribution >= 4 is 15.7 Å². The van der Waals surface area contributed by atoms with Crippen LogP contribution in [0.1, 0.15) is 13.8 Å². The molecule has 0 aliphatic carbocycles. The topological polar surface area (TPSA) is 94.3 Å². The van der Waals surface area contributed by atoms with Crippen LogP contribution in [0.4, 0.5) is 5.69 Å². The number of nitrogens with two attached hydrogens (primary N) is 1. The molecule has 0 amide bonds. The molecule has 1 rings (SSSR count). The number of aromatic nitrogens is 1. The van der Waals surface area contributed by atoms with Gasteiger partial charge in [0.25, 0.3) is 0 Å². The first kappa shape index (κ1) is 13.9. The summed E-state index contributed by atoms with van der Waals surface area (Å²) in [4.78, 5) is 3.73. The normalized spacial score (nSPS) is 13.5. The molecule has 96 valence electrons. The maximum absolute atomic E-state index is 11.9. The highest BCUT2D eigenvalue weighted by Crippen LogP contribution is 2.15. The fourth-order valence-electron chi connectivity index (χ4n) is 1.26. The molecule has 1 unspecified atom stereocenters. The molecular formula is C10H17N3O3S. The molecule has 0 saturated heterocycles. The molecule has 0 spiro atoms. The van der Waals surface area contributed by atoms with E-state index in [0.29, 0.717) is 6.61 Å². The molecule has 3 N–H and O–H groups in total. The zero-order valence-electron chi connectivity index (χ0n) is 9.88. The maximum atomic E-state index is 11.9. The molecule has 0 fully saturated rings. The lowest BCUT2D eigenvalue weighted by Crippen LogP contribution is -2.32. The summed E-state index contributed by atoms with van der Waals surface area (Å²) >= 11 is 0. The van der Waals surface area contributed by atoms with Crippen LogP contribution in [0.5, 0.6) is 0 Å². The zero-order valence-corrected chi connectivity index (χ0v) is 10.7. The summed E-state index contributed by atoms with van der Waals surface area (Å²) in [6.07, 6.45) is 2.48. The average molecular weight is 259 g/mol. The Kier molecular flexibility index (Phi) is 4.86. The van der Waals surface area contributed by atoms with Gasteiger partial charge in [-0.25, -0.2) is 13.1 Å². The van der Waals surface area contributed by atoms with Crippen molar-refractivity contribution in [3.05, 3.63) is 18.5 Å². The predicted octanol–water partition coefficient (Wildman–Crippen LogP) is 0.367. The second-order valence-corrected chi connectivity index (χ2v) is 5.27. The molecule has 1 aromatic heterocycles. The molecule has 0 aliphatic heterocycles. The molecule has 17 heavy (non-hydrogen) atoms. The monoisotopic (exact) mass is 259 g/mol. The van der Waals surface area contributed by atoms with Gasteiger partial charge in [-0.1, -0.05) is 0 Å². The van der Waals surface area contributed by atoms with Gasteiger partial charge in [-0.2, -0.15) is 0 Å². The molecule has 1 aromatic rings. The van der Waals surface area contributed by atoms with Crippen LogP contribution < -0.4 is 10.5 Å². The van der Waals surface area contributed by atoms with Crippen LogP contribution >= 0.6 is 0 Å². The van der Waals surface area contributed by atoms with Crippen molar-refractivity contribution in [2.45, 2.75) is 24.8 Å². The Morgan fingerprint density at radius 2 is 2.29 bits per heavy atom. The smallest absolute Gasteiger partial charge is 0.244 e. The number of sulfonamides is 1. The lowest BCUT2D eigenvalue weighted by atomic mass is 10.4. The van der Waals surface area contributed by atoms with Crippen molar-refractivity contribution < 1.29 is 13.2 Å². The second kappa shape index (κ2) is 5.95. The third-order valence-corrected chi connectivity index (χ3v) is 3.58. The number of ether oxygens (including phenoxy) is 1. The van der Waals surface area contributed by atoms with E-state index in [1.54, 1.807) is 6.92 Å². The largest absolute Gasteiger partial charge is 0.398 e. The summed E-state index contributed by atoms with van der Waals surface area (Å²) in [6, 6.07) is 1.44. The maximum Gasteiger partial charge on any atom is 0.244 e. The summed E-state index contributed by atoms with van der Waals surface area (Å²) in [7, 11) is -3.62. The summed E-state index contributed by atoms with van der Waals surface area (Å²) in [5.74, 6) is 0. The molecule has 1 atom stereocenters. The van der Waals surface area contributed by atoms with Crippen LogP contribution in [0, 0.1) is 0 Å². The van der Waals surface area contributed by atoms with Crippen molar-refractivity contribution in [1.29, 1.82) is 0 Å². The molecule has 6 nitrogen and oxygen atoms in total. The van der Waals surface area contributed by atoms with E-state index in [1.807, 2.05) is 6.92 Å². The van der Waals surface area contributed by atoms with Gasteiger partial charge < -0.3 is 10.5 Å². The van der Waals surface area contributed by atoms with Crippen molar-refractivity contribution in [3.63, 3.8) is 0 Å². The number of nitrogens with zero attached hydrogens (tertiary/aromatic N) is 1. The van der Waals surface area contributed by atoms with E-state index in [1.165, 1.54) is 18.5 Å². The van der Waals surface area contributed by atoms with Crippen molar-refractivity contribution in [1.82, 2.24) is 9.71 Å². The lowest BCUT2D eigenvalue weighted by Gasteiger charge is -2.13. The summed E-state index contributed by atoms with van der Waals surface area (Å²) in [6.45, 7) is 4.38. The van der Waals surface area contributed by atoms with Gasteiger partial charge >= 0.3 is 0 Å². The minimum absolute atomic E-state index is 0.0105. The summed E-state index contributed by atoms with van der Waals surface area (Å²) < 4.78 is 31.4. The van der Waals surface area contributed by atoms with Gasteiger partial charge in [0.2, 0.25) is 10.0 Å². The Morgan fingerprint density at radius 3 is 2.88 bits per heavy atom. The molecule has 1 heterocycles. The molecule has 0 saturated carbocycles. The molecule has 0 aromatic carbocycles. The number of pyridine rings is 1. The first-order valence-corrected chi connectivity index (χ1v) is 6.76. The van der Waals surface area contributed by atoms with Crippen molar-refractivity contribution in [2.24, 2.45) is 0 Å². The fraction of sp³-hybridized carbons (Fsp3) is 0.500. The van der Waals surface area contributed by atoms with Gasteiger partial charge in [0, 0.05) is 25.5 Å². The van der Waals surface area contributed by atoms with Crippen LogP contribution in [0.3, 0.4) is 0 Å². The van der Waals surface area contributed by atoms with Crippen molar-refractivity contribution in [3.8, 4) is 0 Å².